The van der Waals surface area contributed by atoms with Crippen LogP contribution in [0.3, 0.4) is 0 Å². The Morgan fingerprint density at radius 1 is 1.21 bits per heavy atom. The van der Waals surface area contributed by atoms with Crippen molar-refractivity contribution in [3.63, 3.8) is 0 Å². The molecule has 3 nitrogen and oxygen atoms in total. The van der Waals surface area contributed by atoms with E-state index in [9.17, 15) is 4.79 Å². The molecule has 19 heavy (non-hydrogen) atoms. The summed E-state index contributed by atoms with van der Waals surface area (Å²) in [6.07, 6.45) is 6.46. The number of anilines is 1. The molecule has 1 aliphatic carbocycles. The Labute approximate surface area is 121 Å². The van der Waals surface area contributed by atoms with Crippen molar-refractivity contribution in [3.8, 4) is 0 Å². The van der Waals surface area contributed by atoms with Crippen molar-refractivity contribution in [2.24, 2.45) is 11.7 Å². The molecule has 0 aromatic heterocycles. The quantitative estimate of drug-likeness (QED) is 0.889. The average Bonchev–Trinajstić information content (AvgIpc) is 2.39. The summed E-state index contributed by atoms with van der Waals surface area (Å²) in [5.41, 5.74) is 8.35. The zero-order valence-corrected chi connectivity index (χ0v) is 12.2. The number of rotatable bonds is 3. The zero-order chi connectivity index (χ0) is 13.0. The van der Waals surface area contributed by atoms with Crippen LogP contribution in [-0.4, -0.2) is 5.91 Å². The molecule has 1 atom stereocenters. The summed E-state index contributed by atoms with van der Waals surface area (Å²) in [6.45, 7) is 1.52. The molecule has 1 aromatic carbocycles. The molecular formula is C15H23ClN2O. The molecule has 0 heterocycles. The van der Waals surface area contributed by atoms with Gasteiger partial charge in [-0.15, -0.1) is 12.4 Å². The number of nitrogens with two attached hydrogens (primary N) is 1. The molecule has 1 amide bonds. The summed E-state index contributed by atoms with van der Waals surface area (Å²) in [5, 5.41) is 2.77. The second-order valence-corrected chi connectivity index (χ2v) is 5.23. The first-order valence-electron chi connectivity index (χ1n) is 6.80. The Morgan fingerprint density at radius 3 is 2.32 bits per heavy atom. The maximum absolute atomic E-state index is 10.9. The molecule has 0 radical (unpaired) electrons. The highest BCUT2D eigenvalue weighted by molar-refractivity contribution is 5.88. The van der Waals surface area contributed by atoms with Gasteiger partial charge in [0.1, 0.15) is 0 Å². The van der Waals surface area contributed by atoms with Gasteiger partial charge in [-0.05, 0) is 36.5 Å². The van der Waals surface area contributed by atoms with Crippen molar-refractivity contribution in [3.05, 3.63) is 29.8 Å². The van der Waals surface area contributed by atoms with E-state index in [1.54, 1.807) is 0 Å². The average molecular weight is 283 g/mol. The summed E-state index contributed by atoms with van der Waals surface area (Å²) < 4.78 is 0. The third kappa shape index (κ3) is 4.51. The highest BCUT2D eigenvalue weighted by Gasteiger charge is 2.21. The minimum Gasteiger partial charge on any atom is -0.326 e. The Balaban J connectivity index is 0.00000180. The Bertz CT molecular complexity index is 399. The number of hydrogen-bond acceptors (Lipinski definition) is 2. The number of halogens is 1. The molecule has 0 saturated heterocycles. The second kappa shape index (κ2) is 7.51. The van der Waals surface area contributed by atoms with Crippen LogP contribution in [0.25, 0.3) is 0 Å². The molecule has 1 fully saturated rings. The highest BCUT2D eigenvalue weighted by atomic mass is 35.5. The fourth-order valence-electron chi connectivity index (χ4n) is 2.76. The molecule has 0 bridgehead atoms. The van der Waals surface area contributed by atoms with Crippen molar-refractivity contribution in [1.29, 1.82) is 0 Å². The predicted octanol–water partition coefficient (Wildman–Crippen LogP) is 3.65. The number of carbonyl (C=O) groups excluding carboxylic acids is 1. The lowest BCUT2D eigenvalue weighted by Crippen LogP contribution is -2.23. The van der Waals surface area contributed by atoms with E-state index in [0.29, 0.717) is 5.92 Å². The Hall–Kier alpha value is -1.06. The largest absolute Gasteiger partial charge is 0.326 e. The van der Waals surface area contributed by atoms with Gasteiger partial charge >= 0.3 is 0 Å². The van der Waals surface area contributed by atoms with Crippen LogP contribution in [0.5, 0.6) is 0 Å². The van der Waals surface area contributed by atoms with Crippen molar-refractivity contribution in [2.75, 3.05) is 5.32 Å². The van der Waals surface area contributed by atoms with Gasteiger partial charge in [-0.2, -0.15) is 0 Å². The van der Waals surface area contributed by atoms with Crippen LogP contribution in [0.1, 0.15) is 50.6 Å². The zero-order valence-electron chi connectivity index (χ0n) is 11.4. The third-order valence-electron chi connectivity index (χ3n) is 3.77. The molecule has 3 N–H and O–H groups in total. The number of benzene rings is 1. The van der Waals surface area contributed by atoms with E-state index in [2.05, 4.69) is 5.32 Å². The lowest BCUT2D eigenvalue weighted by Gasteiger charge is -2.27. The van der Waals surface area contributed by atoms with Crippen molar-refractivity contribution in [1.82, 2.24) is 0 Å². The smallest absolute Gasteiger partial charge is 0.221 e. The molecule has 0 unspecified atom stereocenters. The summed E-state index contributed by atoms with van der Waals surface area (Å²) >= 11 is 0. The molecular weight excluding hydrogens is 260 g/mol. The molecule has 1 saturated carbocycles. The summed E-state index contributed by atoms with van der Waals surface area (Å²) in [4.78, 5) is 10.9. The lowest BCUT2D eigenvalue weighted by molar-refractivity contribution is -0.114. The van der Waals surface area contributed by atoms with E-state index in [4.69, 9.17) is 5.73 Å². The topological polar surface area (TPSA) is 55.1 Å². The Kier molecular flexibility index (Phi) is 6.32. The standard InChI is InChI=1S/C15H22N2O.ClH/c1-11(18)17-14-9-7-13(8-10-14)15(16)12-5-3-2-4-6-12;/h7-10,12,15H,2-6,16H2,1H3,(H,17,18);1H/t15-;/m1./s1. The van der Waals surface area contributed by atoms with Crippen molar-refractivity contribution >= 4 is 24.0 Å². The van der Waals surface area contributed by atoms with E-state index in [-0.39, 0.29) is 24.4 Å². The van der Waals surface area contributed by atoms with Crippen LogP contribution >= 0.6 is 12.4 Å². The summed E-state index contributed by atoms with van der Waals surface area (Å²) in [5.74, 6) is 0.574. The van der Waals surface area contributed by atoms with E-state index in [0.717, 1.165) is 5.69 Å². The maximum Gasteiger partial charge on any atom is 0.221 e. The monoisotopic (exact) mass is 282 g/mol. The summed E-state index contributed by atoms with van der Waals surface area (Å²) in [7, 11) is 0. The number of hydrogen-bond donors (Lipinski definition) is 2. The van der Waals surface area contributed by atoms with Gasteiger partial charge in [-0.25, -0.2) is 0 Å². The minimum absolute atomic E-state index is 0. The fourth-order valence-corrected chi connectivity index (χ4v) is 2.76. The van der Waals surface area contributed by atoms with Gasteiger partial charge in [-0.3, -0.25) is 4.79 Å². The first kappa shape index (κ1) is 16.0. The van der Waals surface area contributed by atoms with E-state index in [1.165, 1.54) is 44.6 Å². The number of amides is 1. The molecule has 4 heteroatoms. The lowest BCUT2D eigenvalue weighted by atomic mass is 9.81. The van der Waals surface area contributed by atoms with E-state index < -0.39 is 0 Å². The molecule has 1 aromatic rings. The first-order chi connectivity index (χ1) is 8.66. The minimum atomic E-state index is -0.0423. The van der Waals surface area contributed by atoms with Crippen LogP contribution < -0.4 is 11.1 Å². The second-order valence-electron chi connectivity index (χ2n) is 5.23. The molecule has 0 aliphatic heterocycles. The molecule has 1 aliphatic rings. The van der Waals surface area contributed by atoms with E-state index in [1.807, 2.05) is 24.3 Å². The van der Waals surface area contributed by atoms with Gasteiger partial charge in [0, 0.05) is 18.7 Å². The van der Waals surface area contributed by atoms with Crippen molar-refractivity contribution in [2.45, 2.75) is 45.1 Å². The van der Waals surface area contributed by atoms with Crippen LogP contribution in [0.2, 0.25) is 0 Å². The fraction of sp³-hybridized carbons (Fsp3) is 0.533. The SMILES string of the molecule is CC(=O)Nc1ccc([C@H](N)C2CCCCC2)cc1.Cl. The van der Waals surface area contributed by atoms with Crippen LogP contribution in [0, 0.1) is 5.92 Å². The number of carbonyl (C=O) groups is 1. The Morgan fingerprint density at radius 2 is 1.79 bits per heavy atom. The van der Waals surface area contributed by atoms with Gasteiger partial charge in [0.15, 0.2) is 0 Å². The van der Waals surface area contributed by atoms with Gasteiger partial charge in [0.25, 0.3) is 0 Å². The maximum atomic E-state index is 10.9. The third-order valence-corrected chi connectivity index (χ3v) is 3.77. The summed E-state index contributed by atoms with van der Waals surface area (Å²) in [6, 6.07) is 8.06. The molecule has 0 spiro atoms. The highest BCUT2D eigenvalue weighted by Crippen LogP contribution is 2.33. The van der Waals surface area contributed by atoms with Gasteiger partial charge in [-0.1, -0.05) is 31.4 Å². The van der Waals surface area contributed by atoms with Gasteiger partial charge in [0.05, 0.1) is 0 Å². The van der Waals surface area contributed by atoms with Gasteiger partial charge < -0.3 is 11.1 Å². The normalized spacial score (nSPS) is 17.4. The van der Waals surface area contributed by atoms with Crippen molar-refractivity contribution < 1.29 is 4.79 Å². The van der Waals surface area contributed by atoms with Crippen LogP contribution in [0.4, 0.5) is 5.69 Å². The predicted molar refractivity (Wildman–Crippen MR) is 81.5 cm³/mol. The van der Waals surface area contributed by atoms with Crippen LogP contribution in [-0.2, 0) is 4.79 Å². The molecule has 2 rings (SSSR count). The van der Waals surface area contributed by atoms with E-state index >= 15 is 0 Å². The van der Waals surface area contributed by atoms with Crippen LogP contribution in [0.15, 0.2) is 24.3 Å². The number of nitrogens with one attached hydrogen (secondary N) is 1. The molecule has 106 valence electrons. The van der Waals surface area contributed by atoms with Gasteiger partial charge in [0.2, 0.25) is 5.91 Å². The first-order valence-corrected chi connectivity index (χ1v) is 6.80.